The number of rotatable bonds is 5. The summed E-state index contributed by atoms with van der Waals surface area (Å²) < 4.78 is 16.1. The Labute approximate surface area is 145 Å². The Morgan fingerprint density at radius 1 is 1.20 bits per heavy atom. The van der Waals surface area contributed by atoms with Gasteiger partial charge in [0.1, 0.15) is 6.04 Å². The van der Waals surface area contributed by atoms with Crippen LogP contribution in [0.3, 0.4) is 0 Å². The topological polar surface area (TPSA) is 84.7 Å². The Hall–Kier alpha value is -3.27. The molecule has 0 saturated heterocycles. The van der Waals surface area contributed by atoms with Crippen molar-refractivity contribution in [3.8, 4) is 23.3 Å². The minimum atomic E-state index is -0.752. The number of ether oxygens (including phenoxy) is 3. The van der Waals surface area contributed by atoms with Crippen LogP contribution in [0.25, 0.3) is 0 Å². The van der Waals surface area contributed by atoms with Crippen molar-refractivity contribution in [1.82, 2.24) is 9.88 Å². The fraction of sp³-hybridized carbons (Fsp3) is 0.278. The molecule has 2 heterocycles. The maximum atomic E-state index is 13.0. The molecule has 1 aliphatic rings. The van der Waals surface area contributed by atoms with Crippen molar-refractivity contribution >= 4 is 5.91 Å². The molecule has 2 aromatic rings. The van der Waals surface area contributed by atoms with Crippen LogP contribution in [0.1, 0.15) is 27.7 Å². The first-order chi connectivity index (χ1) is 12.2. The first-order valence-electron chi connectivity index (χ1n) is 7.59. The van der Waals surface area contributed by atoms with Crippen molar-refractivity contribution < 1.29 is 19.0 Å². The molecule has 0 saturated carbocycles. The van der Waals surface area contributed by atoms with Gasteiger partial charge < -0.3 is 19.1 Å². The summed E-state index contributed by atoms with van der Waals surface area (Å²) in [7, 11) is 4.42. The number of aromatic nitrogens is 1. The lowest BCUT2D eigenvalue weighted by molar-refractivity contribution is 0.0739. The number of pyridine rings is 1. The lowest BCUT2D eigenvalue weighted by atomic mass is 10.0. The summed E-state index contributed by atoms with van der Waals surface area (Å²) in [5, 5.41) is 9.66. The first-order valence-corrected chi connectivity index (χ1v) is 7.59. The van der Waals surface area contributed by atoms with Gasteiger partial charge in [-0.2, -0.15) is 5.26 Å². The van der Waals surface area contributed by atoms with E-state index >= 15 is 0 Å². The zero-order chi connectivity index (χ0) is 18.0. The molecular formula is C18H17N3O4. The highest BCUT2D eigenvalue weighted by Gasteiger charge is 2.42. The fourth-order valence-electron chi connectivity index (χ4n) is 3.01. The molecule has 0 spiro atoms. The molecule has 7 heteroatoms. The van der Waals surface area contributed by atoms with E-state index in [-0.39, 0.29) is 18.2 Å². The smallest absolute Gasteiger partial charge is 0.259 e. The highest BCUT2D eigenvalue weighted by atomic mass is 16.5. The molecule has 0 aliphatic carbocycles. The summed E-state index contributed by atoms with van der Waals surface area (Å²) in [6.07, 6.45) is 1.65. The lowest BCUT2D eigenvalue weighted by Crippen LogP contribution is -2.27. The summed E-state index contributed by atoms with van der Waals surface area (Å²) in [4.78, 5) is 18.7. The molecular weight excluding hydrogens is 322 g/mol. The average molecular weight is 339 g/mol. The van der Waals surface area contributed by atoms with E-state index in [1.807, 2.05) is 12.1 Å². The van der Waals surface area contributed by atoms with Gasteiger partial charge in [0, 0.05) is 11.8 Å². The normalized spacial score (nSPS) is 15.5. The van der Waals surface area contributed by atoms with Gasteiger partial charge in [0.15, 0.2) is 11.5 Å². The number of nitrogens with zero attached hydrogens (tertiary/aromatic N) is 3. The minimum absolute atomic E-state index is 0.223. The third-order valence-electron chi connectivity index (χ3n) is 4.12. The van der Waals surface area contributed by atoms with Crippen molar-refractivity contribution in [2.75, 3.05) is 21.3 Å². The molecule has 1 atom stereocenters. The number of nitriles is 1. The molecule has 3 rings (SSSR count). The van der Waals surface area contributed by atoms with Crippen LogP contribution < -0.4 is 14.2 Å². The van der Waals surface area contributed by atoms with Gasteiger partial charge >= 0.3 is 0 Å². The van der Waals surface area contributed by atoms with E-state index in [2.05, 4.69) is 11.1 Å². The van der Waals surface area contributed by atoms with Crippen LogP contribution in [0, 0.1) is 11.3 Å². The number of fused-ring (bicyclic) bond motifs is 1. The molecule has 25 heavy (non-hydrogen) atoms. The summed E-state index contributed by atoms with van der Waals surface area (Å²) in [6.45, 7) is 0.223. The number of carbonyl (C=O) groups excluding carboxylic acids is 1. The van der Waals surface area contributed by atoms with Crippen molar-refractivity contribution in [3.05, 3.63) is 47.3 Å². The zero-order valence-electron chi connectivity index (χ0n) is 14.1. The Morgan fingerprint density at radius 3 is 2.52 bits per heavy atom. The van der Waals surface area contributed by atoms with Gasteiger partial charge in [-0.3, -0.25) is 9.78 Å². The second-order valence-electron chi connectivity index (χ2n) is 5.40. The largest absolute Gasteiger partial charge is 0.493 e. The molecule has 0 bridgehead atoms. The van der Waals surface area contributed by atoms with Crippen LogP contribution in [0.15, 0.2) is 30.5 Å². The third-order valence-corrected chi connectivity index (χ3v) is 4.12. The number of amides is 1. The van der Waals surface area contributed by atoms with Crippen LogP contribution in [0.2, 0.25) is 0 Å². The maximum Gasteiger partial charge on any atom is 0.259 e. The third kappa shape index (κ3) is 2.62. The Morgan fingerprint density at radius 2 is 1.96 bits per heavy atom. The lowest BCUT2D eigenvalue weighted by Gasteiger charge is -2.19. The van der Waals surface area contributed by atoms with Gasteiger partial charge in [-0.05, 0) is 18.2 Å². The van der Waals surface area contributed by atoms with E-state index in [0.717, 1.165) is 0 Å². The standard InChI is InChI=1S/C18H17N3O4/c1-23-14-8-12-13(9-19)21(10-11-6-4-5-7-20-11)18(22)15(12)17(25-3)16(14)24-2/h4-8,13H,10H2,1-3H3. The van der Waals surface area contributed by atoms with Crippen LogP contribution in [0.4, 0.5) is 0 Å². The summed E-state index contributed by atoms with van der Waals surface area (Å²) in [5.41, 5.74) is 1.56. The Balaban J connectivity index is 2.12. The van der Waals surface area contributed by atoms with E-state index in [9.17, 15) is 10.1 Å². The zero-order valence-corrected chi connectivity index (χ0v) is 14.1. The predicted octanol–water partition coefficient (Wildman–Crippen LogP) is 2.33. The van der Waals surface area contributed by atoms with Crippen LogP contribution in [0.5, 0.6) is 17.2 Å². The predicted molar refractivity (Wildman–Crippen MR) is 88.6 cm³/mol. The fourth-order valence-corrected chi connectivity index (χ4v) is 3.01. The molecule has 0 fully saturated rings. The first kappa shape index (κ1) is 16.6. The molecule has 0 radical (unpaired) electrons. The van der Waals surface area contributed by atoms with Crippen LogP contribution in [-0.4, -0.2) is 37.1 Å². The Bertz CT molecular complexity index is 846. The Kier molecular flexibility index (Phi) is 4.44. The van der Waals surface area contributed by atoms with Gasteiger partial charge in [0.25, 0.3) is 5.91 Å². The van der Waals surface area contributed by atoms with Crippen molar-refractivity contribution in [1.29, 1.82) is 5.26 Å². The van der Waals surface area contributed by atoms with Crippen LogP contribution >= 0.6 is 0 Å². The van der Waals surface area contributed by atoms with E-state index in [4.69, 9.17) is 14.2 Å². The highest BCUT2D eigenvalue weighted by molar-refractivity contribution is 6.03. The molecule has 7 nitrogen and oxygen atoms in total. The summed E-state index contributed by atoms with van der Waals surface area (Å²) >= 11 is 0. The van der Waals surface area contributed by atoms with E-state index in [1.165, 1.54) is 26.2 Å². The quantitative estimate of drug-likeness (QED) is 0.831. The molecule has 1 aromatic carbocycles. The number of hydrogen-bond donors (Lipinski definition) is 0. The van der Waals surface area contributed by atoms with Crippen molar-refractivity contribution in [2.24, 2.45) is 0 Å². The second-order valence-corrected chi connectivity index (χ2v) is 5.40. The number of methoxy groups -OCH3 is 3. The van der Waals surface area contributed by atoms with Gasteiger partial charge in [0.2, 0.25) is 5.75 Å². The van der Waals surface area contributed by atoms with E-state index in [0.29, 0.717) is 28.3 Å². The molecule has 1 amide bonds. The molecule has 1 unspecified atom stereocenters. The molecule has 0 N–H and O–H groups in total. The van der Waals surface area contributed by atoms with Gasteiger partial charge in [-0.25, -0.2) is 0 Å². The second kappa shape index (κ2) is 6.69. The number of benzene rings is 1. The SMILES string of the molecule is COc1cc2c(c(OC)c1OC)C(=O)N(Cc1ccccn1)C2C#N. The van der Waals surface area contributed by atoms with E-state index in [1.54, 1.807) is 18.3 Å². The molecule has 128 valence electrons. The van der Waals surface area contributed by atoms with Crippen LogP contribution in [-0.2, 0) is 6.54 Å². The number of hydrogen-bond acceptors (Lipinski definition) is 6. The molecule has 1 aromatic heterocycles. The van der Waals surface area contributed by atoms with Gasteiger partial charge in [0.05, 0.1) is 45.2 Å². The summed E-state index contributed by atoms with van der Waals surface area (Å²) in [5.74, 6) is 0.704. The van der Waals surface area contributed by atoms with Gasteiger partial charge in [-0.1, -0.05) is 6.07 Å². The van der Waals surface area contributed by atoms with Crippen molar-refractivity contribution in [2.45, 2.75) is 12.6 Å². The molecule has 1 aliphatic heterocycles. The monoisotopic (exact) mass is 339 g/mol. The van der Waals surface area contributed by atoms with Crippen molar-refractivity contribution in [3.63, 3.8) is 0 Å². The summed E-state index contributed by atoms with van der Waals surface area (Å²) in [6, 6.07) is 8.53. The van der Waals surface area contributed by atoms with E-state index < -0.39 is 6.04 Å². The highest BCUT2D eigenvalue weighted by Crippen LogP contribution is 2.48. The van der Waals surface area contributed by atoms with Gasteiger partial charge in [-0.15, -0.1) is 0 Å². The number of carbonyl (C=O) groups is 1. The average Bonchev–Trinajstić information content (AvgIpc) is 2.92. The maximum absolute atomic E-state index is 13.0. The minimum Gasteiger partial charge on any atom is -0.493 e.